The predicted molar refractivity (Wildman–Crippen MR) is 149 cm³/mol. The molecule has 0 amide bonds. The fourth-order valence-electron chi connectivity index (χ4n) is 4.54. The highest BCUT2D eigenvalue weighted by Crippen LogP contribution is 2.44. The predicted octanol–water partition coefficient (Wildman–Crippen LogP) is 7.88. The number of hydrogen-bond donors (Lipinski definition) is 0. The normalized spacial score (nSPS) is 12.2. The van der Waals surface area contributed by atoms with Crippen molar-refractivity contribution in [3.63, 3.8) is 0 Å². The quantitative estimate of drug-likeness (QED) is 0.211. The third kappa shape index (κ3) is 4.81. The summed E-state index contributed by atoms with van der Waals surface area (Å²) in [6.45, 7) is 6.95. The lowest BCUT2D eigenvalue weighted by Gasteiger charge is -2.45. The molecule has 0 atom stereocenters. The van der Waals surface area contributed by atoms with Crippen LogP contribution in [0.5, 0.6) is 0 Å². The van der Waals surface area contributed by atoms with Gasteiger partial charge in [-0.15, -0.1) is 0 Å². The van der Waals surface area contributed by atoms with Crippen LogP contribution < -0.4 is 10.4 Å². The summed E-state index contributed by atoms with van der Waals surface area (Å²) in [7, 11) is -2.77. The molecule has 168 valence electrons. The average molecular weight is 580 g/mol. The van der Waals surface area contributed by atoms with Gasteiger partial charge in [-0.3, -0.25) is 0 Å². The van der Waals surface area contributed by atoms with Gasteiger partial charge in [-0.1, -0.05) is 150 Å². The molecule has 0 aromatic heterocycles. The summed E-state index contributed by atoms with van der Waals surface area (Å²) in [5.74, 6) is 0. The van der Waals surface area contributed by atoms with Gasteiger partial charge >= 0.3 is 0 Å². The zero-order chi connectivity index (χ0) is 23.5. The van der Waals surface area contributed by atoms with E-state index in [1.54, 1.807) is 0 Å². The van der Waals surface area contributed by atoms with Gasteiger partial charge in [0.15, 0.2) is 0 Å². The largest absolute Gasteiger partial charge is 0.396 e. The SMILES string of the molecule is CC(C)(C)[Si](OC(c1ccccc1Br)c1ccccc1Br)(c1ccccc1)c1ccccc1. The second-order valence-corrected chi connectivity index (χ2v) is 15.2. The minimum atomic E-state index is -2.77. The number of halogens is 2. The second-order valence-electron chi connectivity index (χ2n) is 9.20. The van der Waals surface area contributed by atoms with Crippen LogP contribution in [0, 0.1) is 0 Å². The molecule has 0 saturated carbocycles. The molecule has 4 rings (SSSR count). The Hall–Kier alpha value is -1.98. The van der Waals surface area contributed by atoms with Gasteiger partial charge in [0, 0.05) is 8.95 Å². The fourth-order valence-corrected chi connectivity index (χ4v) is 10.1. The summed E-state index contributed by atoms with van der Waals surface area (Å²) in [6, 6.07) is 38.4. The molecule has 4 aromatic carbocycles. The monoisotopic (exact) mass is 578 g/mol. The Kier molecular flexibility index (Phi) is 7.39. The first-order valence-electron chi connectivity index (χ1n) is 11.1. The van der Waals surface area contributed by atoms with Crippen LogP contribution in [0.4, 0.5) is 0 Å². The molecule has 0 radical (unpaired) electrons. The van der Waals surface area contributed by atoms with Crippen molar-refractivity contribution in [2.45, 2.75) is 31.9 Å². The molecule has 0 saturated heterocycles. The van der Waals surface area contributed by atoms with E-state index in [2.05, 4.69) is 150 Å². The maximum Gasteiger partial charge on any atom is 0.262 e. The van der Waals surface area contributed by atoms with E-state index in [9.17, 15) is 0 Å². The number of rotatable bonds is 6. The van der Waals surface area contributed by atoms with E-state index in [1.807, 2.05) is 12.1 Å². The summed E-state index contributed by atoms with van der Waals surface area (Å²) in [6.07, 6.45) is -0.248. The van der Waals surface area contributed by atoms with E-state index in [-0.39, 0.29) is 11.1 Å². The van der Waals surface area contributed by atoms with Gasteiger partial charge in [-0.25, -0.2) is 0 Å². The molecule has 4 aromatic rings. The molecule has 0 aliphatic carbocycles. The fraction of sp³-hybridized carbons (Fsp3) is 0.172. The molecule has 0 aliphatic rings. The van der Waals surface area contributed by atoms with Crippen LogP contribution in [0.25, 0.3) is 0 Å². The van der Waals surface area contributed by atoms with Gasteiger partial charge in [0.1, 0.15) is 0 Å². The summed E-state index contributed by atoms with van der Waals surface area (Å²) < 4.78 is 9.68. The highest BCUT2D eigenvalue weighted by Gasteiger charge is 2.52. The molecule has 1 nitrogen and oxygen atoms in total. The number of benzene rings is 4. The van der Waals surface area contributed by atoms with Crippen LogP contribution in [0.2, 0.25) is 5.04 Å². The molecule has 4 heteroatoms. The van der Waals surface area contributed by atoms with Crippen LogP contribution in [0.15, 0.2) is 118 Å². The molecule has 0 fully saturated rings. The lowest BCUT2D eigenvalue weighted by atomic mass is 10.0. The van der Waals surface area contributed by atoms with Crippen molar-refractivity contribution < 1.29 is 4.43 Å². The molecule has 0 bridgehead atoms. The number of hydrogen-bond acceptors (Lipinski definition) is 1. The smallest absolute Gasteiger partial charge is 0.262 e. The minimum absolute atomic E-state index is 0.115. The zero-order valence-corrected chi connectivity index (χ0v) is 23.3. The highest BCUT2D eigenvalue weighted by atomic mass is 79.9. The van der Waals surface area contributed by atoms with Crippen LogP contribution >= 0.6 is 31.9 Å². The summed E-state index contributed by atoms with van der Waals surface area (Å²) >= 11 is 7.62. The lowest BCUT2D eigenvalue weighted by molar-refractivity contribution is 0.229. The van der Waals surface area contributed by atoms with E-state index in [0.29, 0.717) is 0 Å². The Morgan fingerprint density at radius 2 is 0.939 bits per heavy atom. The molecule has 0 aliphatic heterocycles. The zero-order valence-electron chi connectivity index (χ0n) is 19.1. The van der Waals surface area contributed by atoms with Crippen molar-refractivity contribution in [1.29, 1.82) is 0 Å². The summed E-state index contributed by atoms with van der Waals surface area (Å²) in [5, 5.41) is 2.43. The maximum atomic E-state index is 7.59. The first-order chi connectivity index (χ1) is 15.8. The molecule has 33 heavy (non-hydrogen) atoms. The topological polar surface area (TPSA) is 9.23 Å². The Morgan fingerprint density at radius 1 is 0.576 bits per heavy atom. The van der Waals surface area contributed by atoms with Crippen molar-refractivity contribution in [1.82, 2.24) is 0 Å². The molecule has 0 unspecified atom stereocenters. The van der Waals surface area contributed by atoms with Gasteiger partial charge in [0.2, 0.25) is 0 Å². The third-order valence-corrected chi connectivity index (χ3v) is 12.5. The van der Waals surface area contributed by atoms with Crippen LogP contribution in [0.3, 0.4) is 0 Å². The average Bonchev–Trinajstić information content (AvgIpc) is 2.82. The molecular weight excluding hydrogens is 552 g/mol. The van der Waals surface area contributed by atoms with Gasteiger partial charge in [0.05, 0.1) is 6.10 Å². The molecule has 0 heterocycles. The van der Waals surface area contributed by atoms with Gasteiger partial charge in [0.25, 0.3) is 8.32 Å². The van der Waals surface area contributed by atoms with Crippen LogP contribution in [-0.4, -0.2) is 8.32 Å². The van der Waals surface area contributed by atoms with Crippen molar-refractivity contribution in [2.75, 3.05) is 0 Å². The first-order valence-corrected chi connectivity index (χ1v) is 14.6. The van der Waals surface area contributed by atoms with E-state index < -0.39 is 8.32 Å². The van der Waals surface area contributed by atoms with Crippen LogP contribution in [-0.2, 0) is 4.43 Å². The molecule has 0 spiro atoms. The van der Waals surface area contributed by atoms with Gasteiger partial charge < -0.3 is 4.43 Å². The Balaban J connectivity index is 2.02. The van der Waals surface area contributed by atoms with Crippen molar-refractivity contribution in [2.24, 2.45) is 0 Å². The van der Waals surface area contributed by atoms with Crippen molar-refractivity contribution in [3.8, 4) is 0 Å². The van der Waals surface area contributed by atoms with E-state index in [4.69, 9.17) is 4.43 Å². The van der Waals surface area contributed by atoms with E-state index in [0.717, 1.165) is 20.1 Å². The molecule has 0 N–H and O–H groups in total. The second kappa shape index (κ2) is 10.1. The summed E-state index contributed by atoms with van der Waals surface area (Å²) in [5.41, 5.74) is 2.25. The summed E-state index contributed by atoms with van der Waals surface area (Å²) in [4.78, 5) is 0. The third-order valence-electron chi connectivity index (χ3n) is 6.09. The first kappa shape index (κ1) is 24.2. The van der Waals surface area contributed by atoms with E-state index in [1.165, 1.54) is 10.4 Å². The Morgan fingerprint density at radius 3 is 1.30 bits per heavy atom. The van der Waals surface area contributed by atoms with Crippen molar-refractivity contribution in [3.05, 3.63) is 129 Å². The van der Waals surface area contributed by atoms with Crippen LogP contribution in [0.1, 0.15) is 38.0 Å². The lowest BCUT2D eigenvalue weighted by Crippen LogP contribution is -2.67. The Bertz CT molecular complexity index is 1120. The molecular formula is C29H28Br2OSi. The Labute approximate surface area is 215 Å². The maximum absolute atomic E-state index is 7.59. The van der Waals surface area contributed by atoms with Crippen molar-refractivity contribution >= 4 is 50.6 Å². The van der Waals surface area contributed by atoms with E-state index >= 15 is 0 Å². The highest BCUT2D eigenvalue weighted by molar-refractivity contribution is 9.10. The standard InChI is InChI=1S/C29H28Br2OSi/c1-29(2,3)33(22-14-6-4-7-15-22,23-16-8-5-9-17-23)32-28(24-18-10-12-20-26(24)30)25-19-11-13-21-27(25)31/h4-21,28H,1-3H3. The van der Waals surface area contributed by atoms with Gasteiger partial charge in [-0.05, 0) is 38.7 Å². The van der Waals surface area contributed by atoms with Gasteiger partial charge in [-0.2, -0.15) is 0 Å². The minimum Gasteiger partial charge on any atom is -0.396 e.